The molecule has 2 rings (SSSR count). The third-order valence-electron chi connectivity index (χ3n) is 2.93. The minimum atomic E-state index is 0.309. The summed E-state index contributed by atoms with van der Waals surface area (Å²) in [6, 6.07) is 8.01. The molecule has 0 N–H and O–H groups in total. The van der Waals surface area contributed by atoms with Crippen LogP contribution in [0.3, 0.4) is 0 Å². The van der Waals surface area contributed by atoms with Crippen LogP contribution in [0.15, 0.2) is 24.3 Å². The molecule has 0 aliphatic rings. The van der Waals surface area contributed by atoms with Crippen molar-refractivity contribution in [2.75, 3.05) is 7.11 Å². The molecule has 0 aliphatic carbocycles. The minimum Gasteiger partial charge on any atom is -0.497 e. The van der Waals surface area contributed by atoms with Gasteiger partial charge in [0, 0.05) is 17.8 Å². The highest BCUT2D eigenvalue weighted by Crippen LogP contribution is 2.19. The molecule has 0 saturated heterocycles. The van der Waals surface area contributed by atoms with E-state index in [2.05, 4.69) is 9.97 Å². The molecule has 3 nitrogen and oxygen atoms in total. The van der Waals surface area contributed by atoms with E-state index in [1.165, 1.54) is 5.56 Å². The van der Waals surface area contributed by atoms with Crippen molar-refractivity contribution in [1.82, 2.24) is 9.97 Å². The van der Waals surface area contributed by atoms with Crippen LogP contribution >= 0.6 is 11.6 Å². The molecule has 0 saturated carbocycles. The van der Waals surface area contributed by atoms with Crippen molar-refractivity contribution in [3.63, 3.8) is 0 Å². The third kappa shape index (κ3) is 2.79. The lowest BCUT2D eigenvalue weighted by molar-refractivity contribution is 0.414. The molecule has 0 unspecified atom stereocenters. The van der Waals surface area contributed by atoms with Gasteiger partial charge in [-0.3, -0.25) is 0 Å². The number of aromatic nitrogens is 2. The Morgan fingerprint density at radius 2 is 1.61 bits per heavy atom. The second-order valence-corrected chi connectivity index (χ2v) is 4.50. The van der Waals surface area contributed by atoms with Gasteiger partial charge in [-0.25, -0.2) is 9.97 Å². The smallest absolute Gasteiger partial charge is 0.222 e. The topological polar surface area (TPSA) is 35.0 Å². The number of ether oxygens (including phenoxy) is 1. The molecule has 1 aromatic carbocycles. The van der Waals surface area contributed by atoms with E-state index in [1.807, 2.05) is 38.1 Å². The largest absolute Gasteiger partial charge is 0.497 e. The van der Waals surface area contributed by atoms with Crippen LogP contribution in [0.5, 0.6) is 5.75 Å². The Kier molecular flexibility index (Phi) is 3.82. The van der Waals surface area contributed by atoms with Gasteiger partial charge in [0.25, 0.3) is 0 Å². The molecule has 2 aromatic rings. The van der Waals surface area contributed by atoms with E-state index in [-0.39, 0.29) is 0 Å². The maximum absolute atomic E-state index is 5.83. The van der Waals surface area contributed by atoms with Gasteiger partial charge in [0.1, 0.15) is 5.75 Å². The monoisotopic (exact) mass is 262 g/mol. The lowest BCUT2D eigenvalue weighted by Gasteiger charge is -2.09. The number of halogens is 1. The number of methoxy groups -OCH3 is 1. The van der Waals surface area contributed by atoms with Gasteiger partial charge in [-0.1, -0.05) is 12.1 Å². The standard InChI is InChI=1S/C14H15ClN2O/c1-9-13(10(2)17-14(15)16-9)8-11-4-6-12(18-3)7-5-11/h4-7H,8H2,1-3H3. The number of rotatable bonds is 3. The maximum Gasteiger partial charge on any atom is 0.222 e. The third-order valence-corrected chi connectivity index (χ3v) is 3.10. The fraction of sp³-hybridized carbons (Fsp3) is 0.286. The average molecular weight is 263 g/mol. The van der Waals surface area contributed by atoms with Crippen LogP contribution in [0.1, 0.15) is 22.5 Å². The van der Waals surface area contributed by atoms with Crippen molar-refractivity contribution in [1.29, 1.82) is 0 Å². The van der Waals surface area contributed by atoms with Gasteiger partial charge in [-0.05, 0) is 48.7 Å². The van der Waals surface area contributed by atoms with Gasteiger partial charge >= 0.3 is 0 Å². The number of hydrogen-bond donors (Lipinski definition) is 0. The van der Waals surface area contributed by atoms with Gasteiger partial charge in [0.2, 0.25) is 5.28 Å². The first-order valence-electron chi connectivity index (χ1n) is 5.72. The van der Waals surface area contributed by atoms with Crippen molar-refractivity contribution in [2.45, 2.75) is 20.3 Å². The lowest BCUT2D eigenvalue weighted by atomic mass is 10.0. The van der Waals surface area contributed by atoms with E-state index in [4.69, 9.17) is 16.3 Å². The average Bonchev–Trinajstić information content (AvgIpc) is 2.34. The maximum atomic E-state index is 5.83. The Bertz CT molecular complexity index is 529. The molecular formula is C14H15ClN2O. The Labute approximate surface area is 112 Å². The van der Waals surface area contributed by atoms with Crippen LogP contribution in [0, 0.1) is 13.8 Å². The van der Waals surface area contributed by atoms with Crippen molar-refractivity contribution in [2.24, 2.45) is 0 Å². The Balaban J connectivity index is 2.28. The van der Waals surface area contributed by atoms with E-state index < -0.39 is 0 Å². The molecule has 0 bridgehead atoms. The molecule has 94 valence electrons. The molecule has 1 heterocycles. The van der Waals surface area contributed by atoms with E-state index in [9.17, 15) is 0 Å². The summed E-state index contributed by atoms with van der Waals surface area (Å²) in [4.78, 5) is 8.39. The molecule has 1 aromatic heterocycles. The molecule has 0 amide bonds. The summed E-state index contributed by atoms with van der Waals surface area (Å²) in [7, 11) is 1.66. The van der Waals surface area contributed by atoms with Crippen molar-refractivity contribution >= 4 is 11.6 Å². The second-order valence-electron chi connectivity index (χ2n) is 4.17. The number of benzene rings is 1. The number of aryl methyl sites for hydroxylation is 2. The zero-order valence-corrected chi connectivity index (χ0v) is 11.5. The Hall–Kier alpha value is -1.61. The Morgan fingerprint density at radius 1 is 1.06 bits per heavy atom. The predicted octanol–water partition coefficient (Wildman–Crippen LogP) is 3.35. The number of hydrogen-bond acceptors (Lipinski definition) is 3. The summed E-state index contributed by atoms with van der Waals surface area (Å²) in [5.41, 5.74) is 4.20. The van der Waals surface area contributed by atoms with E-state index in [1.54, 1.807) is 7.11 Å². The molecule has 18 heavy (non-hydrogen) atoms. The van der Waals surface area contributed by atoms with Crippen LogP contribution < -0.4 is 4.74 Å². The van der Waals surface area contributed by atoms with Gasteiger partial charge in [0.15, 0.2) is 0 Å². The van der Waals surface area contributed by atoms with Crippen molar-refractivity contribution in [3.8, 4) is 5.75 Å². The predicted molar refractivity (Wildman–Crippen MR) is 72.3 cm³/mol. The molecule has 0 spiro atoms. The van der Waals surface area contributed by atoms with Gasteiger partial charge < -0.3 is 4.74 Å². The summed E-state index contributed by atoms with van der Waals surface area (Å²) >= 11 is 5.83. The Morgan fingerprint density at radius 3 is 2.11 bits per heavy atom. The first kappa shape index (κ1) is 12.8. The van der Waals surface area contributed by atoms with Gasteiger partial charge in [-0.15, -0.1) is 0 Å². The zero-order valence-electron chi connectivity index (χ0n) is 10.7. The molecule has 0 atom stereocenters. The highest BCUT2D eigenvalue weighted by Gasteiger charge is 2.08. The zero-order chi connectivity index (χ0) is 13.1. The fourth-order valence-electron chi connectivity index (χ4n) is 1.90. The SMILES string of the molecule is COc1ccc(Cc2c(C)nc(Cl)nc2C)cc1. The molecule has 4 heteroatoms. The van der Waals surface area contributed by atoms with E-state index >= 15 is 0 Å². The first-order chi connectivity index (χ1) is 8.60. The minimum absolute atomic E-state index is 0.309. The fourth-order valence-corrected chi connectivity index (χ4v) is 2.16. The molecule has 0 fully saturated rings. The number of nitrogens with zero attached hydrogens (tertiary/aromatic N) is 2. The highest BCUT2D eigenvalue weighted by atomic mass is 35.5. The molecule has 0 aliphatic heterocycles. The van der Waals surface area contributed by atoms with Gasteiger partial charge in [-0.2, -0.15) is 0 Å². The van der Waals surface area contributed by atoms with Crippen molar-refractivity contribution in [3.05, 3.63) is 52.1 Å². The van der Waals surface area contributed by atoms with Crippen LogP contribution in [0.2, 0.25) is 5.28 Å². The first-order valence-corrected chi connectivity index (χ1v) is 6.10. The summed E-state index contributed by atoms with van der Waals surface area (Å²) in [5, 5.41) is 0.309. The summed E-state index contributed by atoms with van der Waals surface area (Å²) in [5.74, 6) is 0.861. The summed E-state index contributed by atoms with van der Waals surface area (Å²) < 4.78 is 5.14. The van der Waals surface area contributed by atoms with Crippen molar-refractivity contribution < 1.29 is 4.74 Å². The van der Waals surface area contributed by atoms with E-state index in [0.29, 0.717) is 5.28 Å². The van der Waals surface area contributed by atoms with Crippen LogP contribution in [-0.2, 0) is 6.42 Å². The molecular weight excluding hydrogens is 248 g/mol. The van der Waals surface area contributed by atoms with Crippen LogP contribution in [-0.4, -0.2) is 17.1 Å². The second kappa shape index (κ2) is 5.36. The van der Waals surface area contributed by atoms with Gasteiger partial charge in [0.05, 0.1) is 7.11 Å². The van der Waals surface area contributed by atoms with Crippen LogP contribution in [0.25, 0.3) is 0 Å². The van der Waals surface area contributed by atoms with Crippen LogP contribution in [0.4, 0.5) is 0 Å². The quantitative estimate of drug-likeness (QED) is 0.796. The van der Waals surface area contributed by atoms with E-state index in [0.717, 1.165) is 29.1 Å². The summed E-state index contributed by atoms with van der Waals surface area (Å²) in [6.45, 7) is 3.92. The normalized spacial score (nSPS) is 10.4. The molecule has 0 radical (unpaired) electrons. The highest BCUT2D eigenvalue weighted by molar-refractivity contribution is 6.28. The lowest BCUT2D eigenvalue weighted by Crippen LogP contribution is -2.01. The summed E-state index contributed by atoms with van der Waals surface area (Å²) in [6.07, 6.45) is 0.804.